The van der Waals surface area contributed by atoms with Crippen molar-refractivity contribution in [1.29, 1.82) is 0 Å². The summed E-state index contributed by atoms with van der Waals surface area (Å²) >= 11 is 0. The highest BCUT2D eigenvalue weighted by molar-refractivity contribution is 4.84. The van der Waals surface area contributed by atoms with E-state index in [4.69, 9.17) is 0 Å². The normalized spacial score (nSPS) is 28.5. The fourth-order valence-corrected chi connectivity index (χ4v) is 0.977. The molecule has 1 aliphatic rings. The van der Waals surface area contributed by atoms with E-state index in [2.05, 4.69) is 5.32 Å². The number of nitrogens with one attached hydrogen (secondary N) is 1. The molecule has 4 heteroatoms. The maximum atomic E-state index is 11.9. The first-order chi connectivity index (χ1) is 4.61. The summed E-state index contributed by atoms with van der Waals surface area (Å²) in [7, 11) is 0. The summed E-state index contributed by atoms with van der Waals surface area (Å²) in [5.41, 5.74) is 0. The van der Waals surface area contributed by atoms with Crippen molar-refractivity contribution in [3.63, 3.8) is 0 Å². The molecule has 0 saturated carbocycles. The smallest absolute Gasteiger partial charge is 0.316 e. The third kappa shape index (κ3) is 1.87. The van der Waals surface area contributed by atoms with Crippen molar-refractivity contribution in [1.82, 2.24) is 5.32 Å². The van der Waals surface area contributed by atoms with Crippen LogP contribution in [-0.4, -0.2) is 19.3 Å². The summed E-state index contributed by atoms with van der Waals surface area (Å²) in [6.45, 7) is 0.673. The largest absolute Gasteiger partial charge is 0.393 e. The van der Waals surface area contributed by atoms with E-state index < -0.39 is 12.1 Å². The molecule has 1 unspecified atom stereocenters. The highest BCUT2D eigenvalue weighted by Crippen LogP contribution is 2.30. The quantitative estimate of drug-likeness (QED) is 0.552. The van der Waals surface area contributed by atoms with Gasteiger partial charge in [0.2, 0.25) is 0 Å². The Hall–Kier alpha value is -0.250. The van der Waals surface area contributed by atoms with Crippen LogP contribution in [-0.2, 0) is 0 Å². The van der Waals surface area contributed by atoms with Gasteiger partial charge in [-0.1, -0.05) is 0 Å². The lowest BCUT2D eigenvalue weighted by Crippen LogP contribution is -2.38. The van der Waals surface area contributed by atoms with Gasteiger partial charge in [0.25, 0.3) is 0 Å². The van der Waals surface area contributed by atoms with Crippen molar-refractivity contribution in [3.05, 3.63) is 6.42 Å². The van der Waals surface area contributed by atoms with E-state index in [-0.39, 0.29) is 13.0 Å². The SMILES string of the molecule is FC(F)(F)C1C[CH]CNC1. The first-order valence-electron chi connectivity index (χ1n) is 3.20. The minimum absolute atomic E-state index is 0.0694. The van der Waals surface area contributed by atoms with Gasteiger partial charge >= 0.3 is 6.18 Å². The molecule has 0 aromatic heterocycles. The van der Waals surface area contributed by atoms with E-state index in [9.17, 15) is 13.2 Å². The van der Waals surface area contributed by atoms with E-state index >= 15 is 0 Å². The molecule has 0 aliphatic carbocycles. The molecule has 1 N–H and O–H groups in total. The van der Waals surface area contributed by atoms with Crippen molar-refractivity contribution in [2.45, 2.75) is 12.6 Å². The van der Waals surface area contributed by atoms with Crippen LogP contribution in [0.15, 0.2) is 0 Å². The van der Waals surface area contributed by atoms with Gasteiger partial charge in [-0.15, -0.1) is 0 Å². The molecule has 10 heavy (non-hydrogen) atoms. The summed E-state index contributed by atoms with van der Waals surface area (Å²) < 4.78 is 35.6. The van der Waals surface area contributed by atoms with Crippen LogP contribution in [0.3, 0.4) is 0 Å². The molecule has 1 heterocycles. The number of alkyl halides is 3. The standard InChI is InChI=1S/C6H9F3N/c7-6(8,9)5-2-1-3-10-4-5/h1,5,10H,2-4H2. The van der Waals surface area contributed by atoms with E-state index in [0.29, 0.717) is 6.54 Å². The summed E-state index contributed by atoms with van der Waals surface area (Å²) in [6, 6.07) is 0. The second-order valence-corrected chi connectivity index (χ2v) is 2.42. The number of halogens is 3. The van der Waals surface area contributed by atoms with Gasteiger partial charge < -0.3 is 5.32 Å². The summed E-state index contributed by atoms with van der Waals surface area (Å²) in [4.78, 5) is 0. The van der Waals surface area contributed by atoms with Crippen LogP contribution < -0.4 is 5.32 Å². The number of piperidine rings is 1. The zero-order valence-electron chi connectivity index (χ0n) is 5.41. The highest BCUT2D eigenvalue weighted by Gasteiger charge is 2.39. The molecular formula is C6H9F3N. The molecule has 0 spiro atoms. The molecule has 1 fully saturated rings. The van der Waals surface area contributed by atoms with Crippen molar-refractivity contribution >= 4 is 0 Å². The lowest BCUT2D eigenvalue weighted by molar-refractivity contribution is -0.175. The van der Waals surface area contributed by atoms with Gasteiger partial charge in [0.05, 0.1) is 5.92 Å². The molecule has 1 aliphatic heterocycles. The Morgan fingerprint density at radius 3 is 2.40 bits per heavy atom. The number of hydrogen-bond acceptors (Lipinski definition) is 1. The van der Waals surface area contributed by atoms with Crippen LogP contribution in [0.1, 0.15) is 6.42 Å². The third-order valence-electron chi connectivity index (χ3n) is 1.59. The molecule has 0 amide bonds. The van der Waals surface area contributed by atoms with Crippen molar-refractivity contribution in [2.75, 3.05) is 13.1 Å². The maximum absolute atomic E-state index is 11.9. The zero-order valence-corrected chi connectivity index (χ0v) is 5.41. The minimum atomic E-state index is -4.02. The molecule has 0 aromatic carbocycles. The van der Waals surface area contributed by atoms with Gasteiger partial charge in [-0.25, -0.2) is 0 Å². The van der Waals surface area contributed by atoms with E-state index in [1.165, 1.54) is 0 Å². The Morgan fingerprint density at radius 1 is 1.40 bits per heavy atom. The lowest BCUT2D eigenvalue weighted by atomic mass is 9.99. The third-order valence-corrected chi connectivity index (χ3v) is 1.59. The van der Waals surface area contributed by atoms with Crippen LogP contribution in [0, 0.1) is 12.3 Å². The van der Waals surface area contributed by atoms with E-state index in [0.717, 1.165) is 0 Å². The maximum Gasteiger partial charge on any atom is 0.393 e. The van der Waals surface area contributed by atoms with Gasteiger partial charge in [0.1, 0.15) is 0 Å². The predicted molar refractivity (Wildman–Crippen MR) is 31.3 cm³/mol. The Kier molecular flexibility index (Phi) is 2.18. The molecule has 0 bridgehead atoms. The van der Waals surface area contributed by atoms with Crippen LogP contribution in [0.25, 0.3) is 0 Å². The Morgan fingerprint density at radius 2 is 2.10 bits per heavy atom. The van der Waals surface area contributed by atoms with E-state index in [1.54, 1.807) is 6.42 Å². The zero-order chi connectivity index (χ0) is 7.61. The minimum Gasteiger partial charge on any atom is -0.316 e. The van der Waals surface area contributed by atoms with Crippen LogP contribution >= 0.6 is 0 Å². The van der Waals surface area contributed by atoms with Gasteiger partial charge in [-0.3, -0.25) is 0 Å². The van der Waals surface area contributed by atoms with Crippen molar-refractivity contribution in [2.24, 2.45) is 5.92 Å². The summed E-state index contributed by atoms with van der Waals surface area (Å²) in [5, 5.41) is 2.67. The molecule has 1 atom stereocenters. The average Bonchev–Trinajstić information content (AvgIpc) is 1.88. The molecule has 59 valence electrons. The summed E-state index contributed by atoms with van der Waals surface area (Å²) in [6.07, 6.45) is -2.23. The van der Waals surface area contributed by atoms with Crippen LogP contribution in [0.2, 0.25) is 0 Å². The second kappa shape index (κ2) is 2.78. The van der Waals surface area contributed by atoms with Gasteiger partial charge in [0, 0.05) is 6.54 Å². The van der Waals surface area contributed by atoms with Crippen molar-refractivity contribution in [3.8, 4) is 0 Å². The van der Waals surface area contributed by atoms with Gasteiger partial charge in [0.15, 0.2) is 0 Å². The van der Waals surface area contributed by atoms with Gasteiger partial charge in [-0.05, 0) is 19.4 Å². The lowest BCUT2D eigenvalue weighted by Gasteiger charge is -2.24. The fraction of sp³-hybridized carbons (Fsp3) is 0.833. The Bertz CT molecular complexity index is 104. The molecular weight excluding hydrogens is 143 g/mol. The second-order valence-electron chi connectivity index (χ2n) is 2.42. The predicted octanol–water partition coefficient (Wildman–Crippen LogP) is 1.36. The molecule has 1 rings (SSSR count). The number of hydrogen-bond donors (Lipinski definition) is 1. The number of rotatable bonds is 0. The van der Waals surface area contributed by atoms with Crippen LogP contribution in [0.4, 0.5) is 13.2 Å². The topological polar surface area (TPSA) is 12.0 Å². The highest BCUT2D eigenvalue weighted by atomic mass is 19.4. The van der Waals surface area contributed by atoms with E-state index in [1.807, 2.05) is 0 Å². The van der Waals surface area contributed by atoms with Crippen molar-refractivity contribution < 1.29 is 13.2 Å². The van der Waals surface area contributed by atoms with Crippen LogP contribution in [0.5, 0.6) is 0 Å². The molecule has 1 saturated heterocycles. The first-order valence-corrected chi connectivity index (χ1v) is 3.20. The Balaban J connectivity index is 2.39. The monoisotopic (exact) mass is 152 g/mol. The summed E-state index contributed by atoms with van der Waals surface area (Å²) in [5.74, 6) is -1.17. The Labute approximate surface area is 57.6 Å². The fourth-order valence-electron chi connectivity index (χ4n) is 0.977. The average molecular weight is 152 g/mol. The van der Waals surface area contributed by atoms with Gasteiger partial charge in [-0.2, -0.15) is 13.2 Å². The molecule has 1 radical (unpaired) electrons. The molecule has 0 aromatic rings. The first kappa shape index (κ1) is 7.85. The molecule has 1 nitrogen and oxygen atoms in total.